The van der Waals surface area contributed by atoms with Crippen molar-refractivity contribution in [2.75, 3.05) is 0 Å². The molecule has 0 radical (unpaired) electrons. The zero-order chi connectivity index (χ0) is 4.99. The molecule has 6 heteroatoms. The van der Waals surface area contributed by atoms with E-state index in [0.717, 1.165) is 0 Å². The molecular formula is CH2Cl2HfN2O. The van der Waals surface area contributed by atoms with Crippen LogP contribution in [0.5, 0.6) is 0 Å². The predicted octanol–water partition coefficient (Wildman–Crippen LogP) is 0.591. The van der Waals surface area contributed by atoms with Gasteiger partial charge in [0.05, 0.1) is 0 Å². The molecule has 3 nitrogen and oxygen atoms in total. The van der Waals surface area contributed by atoms with Crippen molar-refractivity contribution in [1.29, 1.82) is 0 Å². The van der Waals surface area contributed by atoms with Crippen LogP contribution in [0.1, 0.15) is 0 Å². The van der Waals surface area contributed by atoms with Crippen LogP contribution in [0.15, 0.2) is 0 Å². The molecule has 2 N–H and O–H groups in total. The van der Waals surface area contributed by atoms with Crippen LogP contribution >= 0.6 is 23.6 Å². The van der Waals surface area contributed by atoms with E-state index in [1.54, 1.807) is 9.67 Å². The van der Waals surface area contributed by atoms with Gasteiger partial charge in [0.2, 0.25) is 0 Å². The van der Waals surface area contributed by atoms with E-state index in [-0.39, 0.29) is 25.8 Å². The Hall–Kier alpha value is 0.720. The minimum Gasteiger partial charge on any atom is -0.249 e. The van der Waals surface area contributed by atoms with Crippen LogP contribution < -0.4 is 9.67 Å². The summed E-state index contributed by atoms with van der Waals surface area (Å²) in [6.07, 6.45) is 0. The minimum absolute atomic E-state index is 0. The van der Waals surface area contributed by atoms with Crippen molar-refractivity contribution in [3.63, 3.8) is 0 Å². The summed E-state index contributed by atoms with van der Waals surface area (Å²) < 4.78 is 0. The molecule has 0 spiro atoms. The summed E-state index contributed by atoms with van der Waals surface area (Å²) in [6, 6.07) is -0.627. The first-order valence-corrected chi connectivity index (χ1v) is 1.84. The molecule has 0 aliphatic heterocycles. The number of hydrogen-bond donors (Lipinski definition) is 2. The zero-order valence-electron chi connectivity index (χ0n) is 3.16. The van der Waals surface area contributed by atoms with Gasteiger partial charge in [0.15, 0.2) is 0 Å². The van der Waals surface area contributed by atoms with E-state index in [1.807, 2.05) is 0 Å². The summed E-state index contributed by atoms with van der Waals surface area (Å²) >= 11 is 9.41. The SMILES string of the molecule is O=C(NCl)NCl.[Hf]. The van der Waals surface area contributed by atoms with Crippen molar-refractivity contribution in [2.45, 2.75) is 0 Å². The van der Waals surface area contributed by atoms with E-state index in [2.05, 4.69) is 0 Å². The Morgan fingerprint density at radius 2 is 1.57 bits per heavy atom. The maximum absolute atomic E-state index is 9.69. The zero-order valence-corrected chi connectivity index (χ0v) is 8.27. The van der Waals surface area contributed by atoms with Gasteiger partial charge in [0.25, 0.3) is 0 Å². The molecule has 0 unspecified atom stereocenters. The molecule has 0 bridgehead atoms. The van der Waals surface area contributed by atoms with Crippen molar-refractivity contribution in [3.8, 4) is 0 Å². The quantitative estimate of drug-likeness (QED) is 0.499. The summed E-state index contributed by atoms with van der Waals surface area (Å²) in [7, 11) is 0. The van der Waals surface area contributed by atoms with Crippen LogP contribution in [-0.2, 0) is 25.8 Å². The third-order valence-corrected chi connectivity index (χ3v) is 0.515. The number of rotatable bonds is 0. The van der Waals surface area contributed by atoms with Gasteiger partial charge in [-0.05, 0) is 0 Å². The molecule has 0 aliphatic carbocycles. The molecule has 0 atom stereocenters. The normalized spacial score (nSPS) is 6.00. The van der Waals surface area contributed by atoms with Crippen LogP contribution in [-0.4, -0.2) is 6.03 Å². The summed E-state index contributed by atoms with van der Waals surface area (Å²) in [5.41, 5.74) is 0. The van der Waals surface area contributed by atoms with E-state index < -0.39 is 6.03 Å². The molecular weight excluding hydrogens is 305 g/mol. The number of amides is 2. The molecule has 0 aliphatic rings. The monoisotopic (exact) mass is 308 g/mol. The van der Waals surface area contributed by atoms with Crippen LogP contribution in [0.3, 0.4) is 0 Å². The van der Waals surface area contributed by atoms with E-state index in [4.69, 9.17) is 23.6 Å². The van der Waals surface area contributed by atoms with Crippen molar-refractivity contribution >= 4 is 29.6 Å². The molecule has 0 aromatic rings. The van der Waals surface area contributed by atoms with Gasteiger partial charge in [-0.25, -0.2) is 14.5 Å². The van der Waals surface area contributed by atoms with Gasteiger partial charge in [0.1, 0.15) is 0 Å². The number of hydrogen-bond acceptors (Lipinski definition) is 1. The van der Waals surface area contributed by atoms with Crippen LogP contribution in [0.2, 0.25) is 0 Å². The smallest absolute Gasteiger partial charge is 0.249 e. The predicted molar refractivity (Wildman–Crippen MR) is 23.4 cm³/mol. The summed E-state index contributed by atoms with van der Waals surface area (Å²) in [4.78, 5) is 13.1. The molecule has 0 saturated carbocycles. The molecule has 0 aromatic carbocycles. The summed E-state index contributed by atoms with van der Waals surface area (Å²) in [5, 5.41) is 0. The molecule has 40 valence electrons. The van der Waals surface area contributed by atoms with Crippen molar-refractivity contribution in [2.24, 2.45) is 0 Å². The van der Waals surface area contributed by atoms with Crippen LogP contribution in [0.25, 0.3) is 0 Å². The second-order valence-electron chi connectivity index (χ2n) is 0.518. The topological polar surface area (TPSA) is 41.1 Å². The first kappa shape index (κ1) is 10.7. The first-order chi connectivity index (χ1) is 2.81. The molecule has 0 aromatic heterocycles. The van der Waals surface area contributed by atoms with Crippen molar-refractivity contribution < 1.29 is 30.6 Å². The number of carbonyl (C=O) groups is 1. The fourth-order valence-corrected chi connectivity index (χ4v) is 0.161. The average molecular weight is 307 g/mol. The number of halogens is 2. The van der Waals surface area contributed by atoms with Gasteiger partial charge in [-0.2, -0.15) is 0 Å². The fraction of sp³-hybridized carbons (Fsp3) is 0. The third-order valence-electron chi connectivity index (χ3n) is 0.172. The second-order valence-corrected chi connectivity index (χ2v) is 0.896. The molecule has 2 amide bonds. The summed E-state index contributed by atoms with van der Waals surface area (Å²) in [6.45, 7) is 0. The Kier molecular flexibility index (Phi) is 10.2. The van der Waals surface area contributed by atoms with E-state index in [0.29, 0.717) is 0 Å². The molecule has 0 fully saturated rings. The Morgan fingerprint density at radius 1 is 1.29 bits per heavy atom. The van der Waals surface area contributed by atoms with Crippen molar-refractivity contribution in [3.05, 3.63) is 0 Å². The third kappa shape index (κ3) is 6.72. The molecule has 7 heavy (non-hydrogen) atoms. The molecule has 0 saturated heterocycles. The van der Waals surface area contributed by atoms with Gasteiger partial charge >= 0.3 is 6.03 Å². The average Bonchev–Trinajstić information content (AvgIpc) is 1.65. The standard InChI is InChI=1S/CH2Cl2N2O.Hf/c2-4-1(6)5-3;/h(H2,4,5,6);. The Morgan fingerprint density at radius 3 is 1.57 bits per heavy atom. The minimum atomic E-state index is -0.627. The first-order valence-electron chi connectivity index (χ1n) is 1.08. The van der Waals surface area contributed by atoms with E-state index in [9.17, 15) is 4.79 Å². The molecule has 0 rings (SSSR count). The number of urea groups is 1. The van der Waals surface area contributed by atoms with Gasteiger partial charge < -0.3 is 0 Å². The van der Waals surface area contributed by atoms with Crippen LogP contribution in [0, 0.1) is 0 Å². The van der Waals surface area contributed by atoms with Gasteiger partial charge in [0, 0.05) is 49.4 Å². The fourth-order valence-electron chi connectivity index (χ4n) is 0.0179. The Labute approximate surface area is 69.7 Å². The Bertz CT molecular complexity index is 53.7. The van der Waals surface area contributed by atoms with E-state index in [1.165, 1.54) is 0 Å². The Balaban J connectivity index is 0. The van der Waals surface area contributed by atoms with Gasteiger partial charge in [-0.1, -0.05) is 0 Å². The van der Waals surface area contributed by atoms with Crippen molar-refractivity contribution in [1.82, 2.24) is 9.67 Å². The largest absolute Gasteiger partial charge is 0.343 e. The number of nitrogens with one attached hydrogen (secondary N) is 2. The number of carbonyl (C=O) groups excluding carboxylic acids is 1. The maximum atomic E-state index is 9.69. The van der Waals surface area contributed by atoms with Gasteiger partial charge in [-0.3, -0.25) is 0 Å². The van der Waals surface area contributed by atoms with Crippen LogP contribution in [0.4, 0.5) is 4.79 Å². The summed E-state index contributed by atoms with van der Waals surface area (Å²) in [5.74, 6) is 0. The van der Waals surface area contributed by atoms with Gasteiger partial charge in [-0.15, -0.1) is 0 Å². The molecule has 0 heterocycles. The second kappa shape index (κ2) is 6.72. The maximum Gasteiger partial charge on any atom is 0.343 e. The van der Waals surface area contributed by atoms with E-state index >= 15 is 0 Å².